The molecule has 0 aliphatic carbocycles. The van der Waals surface area contributed by atoms with E-state index in [1.807, 2.05) is 0 Å². The van der Waals surface area contributed by atoms with Gasteiger partial charge in [-0.1, -0.05) is 0 Å². The van der Waals surface area contributed by atoms with Crippen molar-refractivity contribution in [2.24, 2.45) is 0 Å². The number of carbonyl (C=O) groups is 3. The Kier molecular flexibility index (Phi) is 3.98. The Labute approximate surface area is 98.4 Å². The van der Waals surface area contributed by atoms with Gasteiger partial charge in [0.2, 0.25) is 5.91 Å². The average Bonchev–Trinajstić information content (AvgIpc) is 2.19. The zero-order chi connectivity index (χ0) is 13.0. The number of amides is 1. The van der Waals surface area contributed by atoms with Crippen LogP contribution in [0, 0.1) is 6.92 Å². The zero-order valence-electron chi connectivity index (χ0n) is 9.61. The van der Waals surface area contributed by atoms with Gasteiger partial charge in [0.05, 0.1) is 12.0 Å². The summed E-state index contributed by atoms with van der Waals surface area (Å²) in [6, 6.07) is 4.38. The number of carboxylic acid groups (broad SMARTS) is 1. The molecule has 17 heavy (non-hydrogen) atoms. The van der Waals surface area contributed by atoms with Crippen molar-refractivity contribution in [1.82, 2.24) is 0 Å². The molecular weight excluding hydrogens is 222 g/mol. The summed E-state index contributed by atoms with van der Waals surface area (Å²) in [6.45, 7) is 3.02. The first-order chi connectivity index (χ1) is 7.90. The van der Waals surface area contributed by atoms with Crippen LogP contribution in [0.1, 0.15) is 29.3 Å². The van der Waals surface area contributed by atoms with Crippen LogP contribution in [0.15, 0.2) is 18.2 Å². The number of benzene rings is 1. The summed E-state index contributed by atoms with van der Waals surface area (Å²) in [4.78, 5) is 32.8. The lowest BCUT2D eigenvalue weighted by atomic mass is 10.1. The third-order valence-corrected chi connectivity index (χ3v) is 2.16. The van der Waals surface area contributed by atoms with E-state index in [-0.39, 0.29) is 17.8 Å². The number of aryl methyl sites for hydroxylation is 1. The summed E-state index contributed by atoms with van der Waals surface area (Å²) in [5, 5.41) is 11.3. The highest BCUT2D eigenvalue weighted by Crippen LogP contribution is 2.16. The van der Waals surface area contributed by atoms with Crippen molar-refractivity contribution >= 4 is 23.3 Å². The van der Waals surface area contributed by atoms with E-state index in [0.29, 0.717) is 11.3 Å². The Balaban J connectivity index is 2.83. The van der Waals surface area contributed by atoms with Crippen molar-refractivity contribution in [3.05, 3.63) is 29.3 Å². The number of rotatable bonds is 4. The van der Waals surface area contributed by atoms with Crippen LogP contribution in [0.3, 0.4) is 0 Å². The minimum atomic E-state index is -1.02. The minimum Gasteiger partial charge on any atom is -0.478 e. The molecule has 90 valence electrons. The molecule has 0 aromatic heterocycles. The number of carbonyl (C=O) groups excluding carboxylic acids is 2. The number of aromatic carboxylic acids is 1. The smallest absolute Gasteiger partial charge is 0.335 e. The minimum absolute atomic E-state index is 0.159. The van der Waals surface area contributed by atoms with E-state index in [1.54, 1.807) is 6.92 Å². The van der Waals surface area contributed by atoms with Crippen molar-refractivity contribution in [3.63, 3.8) is 0 Å². The number of anilines is 1. The van der Waals surface area contributed by atoms with Crippen molar-refractivity contribution in [3.8, 4) is 0 Å². The molecule has 0 aliphatic rings. The quantitative estimate of drug-likeness (QED) is 0.776. The van der Waals surface area contributed by atoms with E-state index < -0.39 is 11.9 Å². The lowest BCUT2D eigenvalue weighted by molar-refractivity contribution is -0.124. The van der Waals surface area contributed by atoms with Crippen LogP contribution in [0.5, 0.6) is 0 Å². The molecule has 0 saturated heterocycles. The van der Waals surface area contributed by atoms with E-state index in [2.05, 4.69) is 5.32 Å². The lowest BCUT2D eigenvalue weighted by Crippen LogP contribution is -2.15. The Hall–Kier alpha value is -2.17. The molecule has 1 amide bonds. The first kappa shape index (κ1) is 12.9. The number of hydrogen-bond donors (Lipinski definition) is 2. The van der Waals surface area contributed by atoms with Crippen LogP contribution in [0.4, 0.5) is 5.69 Å². The standard InChI is InChI=1S/C12H13NO4/c1-7-5-9(12(16)17)3-4-10(7)13-11(15)6-8(2)14/h3-5H,6H2,1-2H3,(H,13,15)(H,16,17). The van der Waals surface area contributed by atoms with Crippen LogP contribution < -0.4 is 5.32 Å². The molecule has 1 aromatic rings. The molecule has 0 heterocycles. The summed E-state index contributed by atoms with van der Waals surface area (Å²) in [6.07, 6.45) is -0.180. The van der Waals surface area contributed by atoms with Crippen LogP contribution in [0.25, 0.3) is 0 Å². The fraction of sp³-hybridized carbons (Fsp3) is 0.250. The van der Waals surface area contributed by atoms with Gasteiger partial charge in [0.1, 0.15) is 5.78 Å². The second-order valence-corrected chi connectivity index (χ2v) is 3.76. The van der Waals surface area contributed by atoms with Gasteiger partial charge in [0, 0.05) is 5.69 Å². The van der Waals surface area contributed by atoms with E-state index in [4.69, 9.17) is 5.11 Å². The maximum absolute atomic E-state index is 11.3. The highest BCUT2D eigenvalue weighted by molar-refractivity contribution is 6.04. The summed E-state index contributed by atoms with van der Waals surface area (Å²) in [7, 11) is 0. The predicted molar refractivity (Wildman–Crippen MR) is 62.1 cm³/mol. The molecule has 0 spiro atoms. The van der Waals surface area contributed by atoms with Gasteiger partial charge in [-0.2, -0.15) is 0 Å². The third kappa shape index (κ3) is 3.71. The van der Waals surface area contributed by atoms with Crippen molar-refractivity contribution in [2.75, 3.05) is 5.32 Å². The largest absolute Gasteiger partial charge is 0.478 e. The molecule has 0 saturated carbocycles. The number of Topliss-reactive ketones (excluding diaryl/α,β-unsaturated/α-hetero) is 1. The zero-order valence-corrected chi connectivity index (χ0v) is 9.61. The monoisotopic (exact) mass is 235 g/mol. The second-order valence-electron chi connectivity index (χ2n) is 3.76. The molecule has 5 heteroatoms. The van der Waals surface area contributed by atoms with E-state index in [0.717, 1.165) is 0 Å². The maximum Gasteiger partial charge on any atom is 0.335 e. The number of hydrogen-bond acceptors (Lipinski definition) is 3. The molecule has 0 fully saturated rings. The Bertz CT molecular complexity index is 479. The molecule has 0 radical (unpaired) electrons. The molecular formula is C12H13NO4. The number of nitrogens with one attached hydrogen (secondary N) is 1. The Morgan fingerprint density at radius 3 is 2.41 bits per heavy atom. The molecule has 1 aromatic carbocycles. The van der Waals surface area contributed by atoms with Crippen LogP contribution in [-0.4, -0.2) is 22.8 Å². The lowest BCUT2D eigenvalue weighted by Gasteiger charge is -2.08. The van der Waals surface area contributed by atoms with E-state index >= 15 is 0 Å². The average molecular weight is 235 g/mol. The van der Waals surface area contributed by atoms with Crippen LogP contribution >= 0.6 is 0 Å². The molecule has 0 atom stereocenters. The SMILES string of the molecule is CC(=O)CC(=O)Nc1ccc(C(=O)O)cc1C. The topological polar surface area (TPSA) is 83.5 Å². The molecule has 0 bridgehead atoms. The van der Waals surface area contributed by atoms with Gasteiger partial charge in [-0.25, -0.2) is 4.79 Å². The summed E-state index contributed by atoms with van der Waals surface area (Å²) in [5.41, 5.74) is 1.31. The fourth-order valence-electron chi connectivity index (χ4n) is 1.36. The van der Waals surface area contributed by atoms with Gasteiger partial charge in [-0.05, 0) is 37.6 Å². The Morgan fingerprint density at radius 1 is 1.29 bits per heavy atom. The first-order valence-corrected chi connectivity index (χ1v) is 5.03. The van der Waals surface area contributed by atoms with Gasteiger partial charge in [-0.3, -0.25) is 9.59 Å². The number of ketones is 1. The van der Waals surface area contributed by atoms with Gasteiger partial charge in [-0.15, -0.1) is 0 Å². The van der Waals surface area contributed by atoms with Crippen molar-refractivity contribution in [2.45, 2.75) is 20.3 Å². The fourth-order valence-corrected chi connectivity index (χ4v) is 1.36. The normalized spacial score (nSPS) is 9.76. The summed E-state index contributed by atoms with van der Waals surface area (Å²) in [5.74, 6) is -1.64. The van der Waals surface area contributed by atoms with Gasteiger partial charge < -0.3 is 10.4 Å². The molecule has 1 rings (SSSR count). The summed E-state index contributed by atoms with van der Waals surface area (Å²) >= 11 is 0. The number of carboxylic acids is 1. The Morgan fingerprint density at radius 2 is 1.94 bits per heavy atom. The van der Waals surface area contributed by atoms with E-state index in [1.165, 1.54) is 25.1 Å². The van der Waals surface area contributed by atoms with Crippen LogP contribution in [-0.2, 0) is 9.59 Å². The summed E-state index contributed by atoms with van der Waals surface area (Å²) < 4.78 is 0. The van der Waals surface area contributed by atoms with E-state index in [9.17, 15) is 14.4 Å². The van der Waals surface area contributed by atoms with Gasteiger partial charge in [0.25, 0.3) is 0 Å². The van der Waals surface area contributed by atoms with Gasteiger partial charge in [0.15, 0.2) is 0 Å². The van der Waals surface area contributed by atoms with Crippen molar-refractivity contribution < 1.29 is 19.5 Å². The first-order valence-electron chi connectivity index (χ1n) is 5.03. The highest BCUT2D eigenvalue weighted by atomic mass is 16.4. The van der Waals surface area contributed by atoms with Crippen molar-refractivity contribution in [1.29, 1.82) is 0 Å². The molecule has 5 nitrogen and oxygen atoms in total. The molecule has 0 unspecified atom stereocenters. The molecule has 0 aliphatic heterocycles. The third-order valence-electron chi connectivity index (χ3n) is 2.16. The van der Waals surface area contributed by atoms with Crippen LogP contribution in [0.2, 0.25) is 0 Å². The molecule has 2 N–H and O–H groups in total. The van der Waals surface area contributed by atoms with Gasteiger partial charge >= 0.3 is 5.97 Å². The highest BCUT2D eigenvalue weighted by Gasteiger charge is 2.09. The maximum atomic E-state index is 11.3. The second kappa shape index (κ2) is 5.25. The predicted octanol–water partition coefficient (Wildman–Crippen LogP) is 1.61.